The molecule has 4 nitrogen and oxygen atoms in total. The van der Waals surface area contributed by atoms with Crippen LogP contribution in [0.25, 0.3) is 0 Å². The topological polar surface area (TPSA) is 0 Å². The molecular formula is C36H80N4Se6. The molecule has 0 N–H and O–H groups in total. The van der Waals surface area contributed by atoms with Gasteiger partial charge in [-0.1, -0.05) is 53.4 Å². The zero-order valence-corrected chi connectivity index (χ0v) is 42.3. The SMILES string of the molecule is CCCC[N+]1(C)CCCC1.CCCC[N+]1(C)CCCC1.CCCC[N+]1(C)CCCC1.CCCC[N+]1(C)CCCC1.[Se-][Se][Se-].[Se-][Se][Se-]. The predicted octanol–water partition coefficient (Wildman–Crippen LogP) is 5.82. The van der Waals surface area contributed by atoms with Crippen LogP contribution in [0.3, 0.4) is 0 Å². The van der Waals surface area contributed by atoms with Crippen molar-refractivity contribution in [3.8, 4) is 0 Å². The number of hydrogen-bond donors (Lipinski definition) is 0. The maximum absolute atomic E-state index is 2.81. The van der Waals surface area contributed by atoms with E-state index in [0.717, 1.165) is 0 Å². The van der Waals surface area contributed by atoms with Crippen LogP contribution in [0.4, 0.5) is 0 Å². The molecule has 0 aromatic carbocycles. The summed E-state index contributed by atoms with van der Waals surface area (Å²) in [5.74, 6) is 0. The first-order valence-corrected chi connectivity index (χ1v) is 36.4. The van der Waals surface area contributed by atoms with Gasteiger partial charge in [0.1, 0.15) is 0 Å². The molecular weight excluding hydrogens is 962 g/mol. The number of quaternary nitrogens is 4. The van der Waals surface area contributed by atoms with E-state index in [2.05, 4.69) is 113 Å². The average molecular weight is 1040 g/mol. The predicted molar refractivity (Wildman–Crippen MR) is 214 cm³/mol. The zero-order chi connectivity index (χ0) is 35.2. The molecule has 4 rings (SSSR count). The maximum atomic E-state index is 2.81. The van der Waals surface area contributed by atoms with E-state index in [0.29, 0.717) is 22.6 Å². The van der Waals surface area contributed by atoms with Crippen LogP contribution in [-0.4, -0.2) is 204 Å². The van der Waals surface area contributed by atoms with Gasteiger partial charge < -0.3 is 17.9 Å². The molecule has 0 aromatic heterocycles. The molecule has 4 heterocycles. The van der Waals surface area contributed by atoms with Crippen LogP contribution < -0.4 is 0 Å². The Labute approximate surface area is 331 Å². The molecule has 0 amide bonds. The first-order chi connectivity index (χ1) is 21.9. The van der Waals surface area contributed by atoms with Crippen molar-refractivity contribution < 1.29 is 17.9 Å². The van der Waals surface area contributed by atoms with Crippen molar-refractivity contribution in [1.82, 2.24) is 0 Å². The number of unbranched alkanes of at least 4 members (excludes halogenated alkanes) is 4. The Bertz CT molecular complexity index is 528. The van der Waals surface area contributed by atoms with Crippen molar-refractivity contribution >= 4 is 79.4 Å². The van der Waals surface area contributed by atoms with Gasteiger partial charge in [-0.3, -0.25) is 0 Å². The van der Waals surface area contributed by atoms with E-state index in [4.69, 9.17) is 0 Å². The van der Waals surface area contributed by atoms with E-state index in [9.17, 15) is 0 Å². The summed E-state index contributed by atoms with van der Waals surface area (Å²) < 4.78 is 5.42. The monoisotopic (exact) mass is 1050 g/mol. The summed E-state index contributed by atoms with van der Waals surface area (Å²) in [6, 6.07) is 0. The summed E-state index contributed by atoms with van der Waals surface area (Å²) in [7, 11) is 9.62. The second-order valence-corrected chi connectivity index (χ2v) is 34.5. The molecule has 4 aliphatic rings. The number of nitrogens with zero attached hydrogens (tertiary/aromatic N) is 4. The Morgan fingerprint density at radius 2 is 0.478 bits per heavy atom. The van der Waals surface area contributed by atoms with Crippen molar-refractivity contribution in [2.45, 2.75) is 130 Å². The molecule has 0 radical (unpaired) electrons. The minimum atomic E-state index is 0.625. The molecule has 46 heavy (non-hydrogen) atoms. The Morgan fingerprint density at radius 3 is 0.587 bits per heavy atom. The molecule has 4 aliphatic heterocycles. The summed E-state index contributed by atoms with van der Waals surface area (Å²) in [5.41, 5.74) is 0. The fourth-order valence-corrected chi connectivity index (χ4v) is 7.45. The molecule has 4 saturated heterocycles. The molecule has 0 unspecified atom stereocenters. The molecule has 0 bridgehead atoms. The van der Waals surface area contributed by atoms with E-state index in [1.165, 1.54) is 199 Å². The second-order valence-electron chi connectivity index (χ2n) is 15.5. The molecule has 0 spiro atoms. The summed E-state index contributed by atoms with van der Waals surface area (Å²) in [6.07, 6.45) is 22.7. The van der Waals surface area contributed by atoms with E-state index >= 15 is 0 Å². The normalized spacial score (nSPS) is 21.1. The van der Waals surface area contributed by atoms with Crippen molar-refractivity contribution in [2.75, 3.05) is 107 Å². The molecule has 4 fully saturated rings. The van der Waals surface area contributed by atoms with E-state index in [1.54, 1.807) is 0 Å². The summed E-state index contributed by atoms with van der Waals surface area (Å²) in [4.78, 5) is 0. The van der Waals surface area contributed by atoms with Crippen LogP contribution in [0, 0.1) is 0 Å². The third-order valence-corrected chi connectivity index (χ3v) is 10.8. The van der Waals surface area contributed by atoms with Gasteiger partial charge in [0.05, 0.1) is 107 Å². The average Bonchev–Trinajstić information content (AvgIpc) is 3.86. The third kappa shape index (κ3) is 28.5. The standard InChI is InChI=1S/4C9H20N.2H2Se3/c4*1-3-4-7-10(2)8-5-6-9-10;2*1-3-2/h4*3-9H2,1-2H3;2*1-2H/q4*+1;;/p-4. The van der Waals surface area contributed by atoms with Crippen molar-refractivity contribution in [3.63, 3.8) is 0 Å². The van der Waals surface area contributed by atoms with Gasteiger partial charge in [-0.25, -0.2) is 0 Å². The van der Waals surface area contributed by atoms with E-state index in [1.807, 2.05) is 0 Å². The molecule has 0 atom stereocenters. The van der Waals surface area contributed by atoms with Gasteiger partial charge in [0.15, 0.2) is 0 Å². The number of hydrogen-bond acceptors (Lipinski definition) is 0. The Morgan fingerprint density at radius 1 is 0.348 bits per heavy atom. The third-order valence-electron chi connectivity index (χ3n) is 10.8. The first-order valence-electron chi connectivity index (χ1n) is 19.1. The van der Waals surface area contributed by atoms with Crippen LogP contribution in [-0.2, 0) is 0 Å². The quantitative estimate of drug-likeness (QED) is 0.171. The minimum absolute atomic E-state index is 0.625. The second kappa shape index (κ2) is 32.6. The fourth-order valence-electron chi connectivity index (χ4n) is 7.45. The fraction of sp³-hybridized carbons (Fsp3) is 1.00. The van der Waals surface area contributed by atoms with E-state index in [-0.39, 0.29) is 0 Å². The molecule has 280 valence electrons. The Balaban J connectivity index is 0. The van der Waals surface area contributed by atoms with Gasteiger partial charge in [0.2, 0.25) is 0 Å². The van der Waals surface area contributed by atoms with Gasteiger partial charge in [-0.15, -0.1) is 0 Å². The van der Waals surface area contributed by atoms with Crippen LogP contribution in [0.1, 0.15) is 130 Å². The number of likely N-dealkylation sites (tertiary alicyclic amines) is 4. The van der Waals surface area contributed by atoms with Gasteiger partial charge in [-0.2, -0.15) is 0 Å². The Kier molecular flexibility index (Phi) is 36.2. The number of rotatable bonds is 12. The van der Waals surface area contributed by atoms with Crippen molar-refractivity contribution in [1.29, 1.82) is 0 Å². The summed E-state index contributed by atoms with van der Waals surface area (Å²) in [5, 5.41) is 0. The Hall–Kier alpha value is 2.96. The first kappa shape index (κ1) is 51.1. The van der Waals surface area contributed by atoms with Crippen LogP contribution in [0.15, 0.2) is 0 Å². The van der Waals surface area contributed by atoms with Crippen LogP contribution >= 0.6 is 0 Å². The van der Waals surface area contributed by atoms with Gasteiger partial charge in [0.25, 0.3) is 0 Å². The van der Waals surface area contributed by atoms with Gasteiger partial charge in [0, 0.05) is 51.4 Å². The van der Waals surface area contributed by atoms with Crippen molar-refractivity contribution in [3.05, 3.63) is 0 Å². The molecule has 0 aliphatic carbocycles. The van der Waals surface area contributed by atoms with E-state index < -0.39 is 0 Å². The van der Waals surface area contributed by atoms with Crippen LogP contribution in [0.5, 0.6) is 0 Å². The molecule has 0 saturated carbocycles. The molecule has 0 aromatic rings. The van der Waals surface area contributed by atoms with Gasteiger partial charge >= 0.3 is 79.4 Å². The summed E-state index contributed by atoms with van der Waals surface area (Å²) >= 11 is 12.5. The van der Waals surface area contributed by atoms with Crippen LogP contribution in [0.2, 0.25) is 0 Å². The summed E-state index contributed by atoms with van der Waals surface area (Å²) in [6.45, 7) is 26.2. The molecule has 10 heteroatoms. The zero-order valence-electron chi connectivity index (χ0n) is 32.0. The van der Waals surface area contributed by atoms with Gasteiger partial charge in [-0.05, 0) is 25.7 Å². The van der Waals surface area contributed by atoms with Crippen molar-refractivity contribution in [2.24, 2.45) is 0 Å².